The number of anilines is 2. The van der Waals surface area contributed by atoms with E-state index in [1.807, 2.05) is 31.2 Å². The third kappa shape index (κ3) is 5.12. The number of rotatable bonds is 7. The molecule has 0 aromatic carbocycles. The Labute approximate surface area is 212 Å². The molecule has 0 radical (unpaired) electrons. The van der Waals surface area contributed by atoms with Gasteiger partial charge in [-0.1, -0.05) is 5.21 Å². The molecule has 1 fully saturated rings. The Kier molecular flexibility index (Phi) is 6.75. The van der Waals surface area contributed by atoms with Crippen molar-refractivity contribution in [1.29, 1.82) is 0 Å². The van der Waals surface area contributed by atoms with Gasteiger partial charge in [0.2, 0.25) is 0 Å². The minimum Gasteiger partial charge on any atom is -0.466 e. The summed E-state index contributed by atoms with van der Waals surface area (Å²) in [4.78, 5) is 26.6. The van der Waals surface area contributed by atoms with Gasteiger partial charge >= 0.3 is 5.97 Å². The molecule has 1 aliphatic rings. The maximum absolute atomic E-state index is 12.1. The summed E-state index contributed by atoms with van der Waals surface area (Å²) in [6, 6.07) is 7.68. The number of H-pyrrole nitrogens is 1. The third-order valence-electron chi connectivity index (χ3n) is 6.29. The summed E-state index contributed by atoms with van der Waals surface area (Å²) in [6.07, 6.45) is 7.31. The van der Waals surface area contributed by atoms with E-state index in [0.717, 1.165) is 27.4 Å². The van der Waals surface area contributed by atoms with Crippen LogP contribution in [0.3, 0.4) is 0 Å². The molecular weight excluding hydrogens is 478 g/mol. The number of aryl methyl sites for hydroxylation is 1. The van der Waals surface area contributed by atoms with Gasteiger partial charge in [0.25, 0.3) is 0 Å². The maximum atomic E-state index is 12.1. The zero-order valence-corrected chi connectivity index (χ0v) is 20.9. The monoisotopic (exact) mass is 505 g/mol. The fourth-order valence-electron chi connectivity index (χ4n) is 4.40. The van der Waals surface area contributed by atoms with E-state index in [1.165, 1.54) is 11.3 Å². The van der Waals surface area contributed by atoms with Crippen LogP contribution in [0.5, 0.6) is 0 Å². The fraction of sp³-hybridized carbons (Fsp3) is 0.360. The number of aromatic nitrogens is 6. The number of nitrogens with zero attached hydrogens (tertiary/aromatic N) is 5. The quantitative estimate of drug-likeness (QED) is 0.312. The average molecular weight is 506 g/mol. The molecule has 1 saturated carbocycles. The van der Waals surface area contributed by atoms with Gasteiger partial charge in [-0.05, 0) is 69.4 Å². The van der Waals surface area contributed by atoms with Gasteiger partial charge in [0.1, 0.15) is 27.9 Å². The van der Waals surface area contributed by atoms with E-state index in [4.69, 9.17) is 9.72 Å². The van der Waals surface area contributed by atoms with Crippen molar-refractivity contribution >= 4 is 28.9 Å². The predicted molar refractivity (Wildman–Crippen MR) is 135 cm³/mol. The van der Waals surface area contributed by atoms with Crippen LogP contribution in [0.4, 0.5) is 11.6 Å². The molecule has 3 N–H and O–H groups in total. The number of hydrogen-bond donors (Lipinski definition) is 3. The minimum absolute atomic E-state index is 0.159. The second-order valence-corrected chi connectivity index (χ2v) is 9.95. The highest BCUT2D eigenvalue weighted by Gasteiger charge is 2.39. The maximum Gasteiger partial charge on any atom is 0.308 e. The molecule has 0 unspecified atom stereocenters. The van der Waals surface area contributed by atoms with Gasteiger partial charge in [0.15, 0.2) is 0 Å². The first kappa shape index (κ1) is 24.0. The number of carbonyl (C=O) groups excluding carboxylic acids is 1. The Morgan fingerprint density at radius 1 is 1.22 bits per heavy atom. The molecule has 36 heavy (non-hydrogen) atoms. The standard InChI is InChI=1S/C25H27N7O3S/c1-3-35-23(33)16-4-7-25(34,8-5-16)24-27-14-20(36-24)18-10-15(2)11-22(29-18)30-21-12-17(6-9-26-21)19-13-28-32-31-19/h6,9-14,16,34H,3-5,7-8H2,1-2H3,(H,26,29,30)(H,28,31,32)/t16-,25+. The Balaban J connectivity index is 1.33. The second-order valence-electron chi connectivity index (χ2n) is 8.92. The molecule has 4 aromatic rings. The number of ether oxygens (including phenoxy) is 1. The molecule has 10 nitrogen and oxygen atoms in total. The van der Waals surface area contributed by atoms with Crippen LogP contribution in [0.15, 0.2) is 42.9 Å². The van der Waals surface area contributed by atoms with Crippen molar-refractivity contribution in [2.75, 3.05) is 11.9 Å². The van der Waals surface area contributed by atoms with E-state index in [1.54, 1.807) is 25.5 Å². The van der Waals surface area contributed by atoms with E-state index in [-0.39, 0.29) is 11.9 Å². The summed E-state index contributed by atoms with van der Waals surface area (Å²) < 4.78 is 5.15. The molecule has 4 heterocycles. The van der Waals surface area contributed by atoms with E-state index in [9.17, 15) is 9.90 Å². The number of esters is 1. The number of pyridine rings is 2. The molecule has 0 spiro atoms. The predicted octanol–water partition coefficient (Wildman–Crippen LogP) is 4.38. The Morgan fingerprint density at radius 2 is 2.06 bits per heavy atom. The highest BCUT2D eigenvalue weighted by Crippen LogP contribution is 2.42. The fourth-order valence-corrected chi connectivity index (χ4v) is 5.42. The Bertz CT molecular complexity index is 1350. The van der Waals surface area contributed by atoms with Crippen molar-refractivity contribution in [3.63, 3.8) is 0 Å². The topological polar surface area (TPSA) is 139 Å². The second kappa shape index (κ2) is 10.1. The van der Waals surface area contributed by atoms with Crippen molar-refractivity contribution < 1.29 is 14.6 Å². The third-order valence-corrected chi connectivity index (χ3v) is 7.50. The lowest BCUT2D eigenvalue weighted by Gasteiger charge is -2.33. The van der Waals surface area contributed by atoms with Crippen LogP contribution in [-0.4, -0.2) is 48.0 Å². The van der Waals surface area contributed by atoms with E-state index in [2.05, 4.69) is 30.7 Å². The van der Waals surface area contributed by atoms with Crippen LogP contribution in [0.1, 0.15) is 43.2 Å². The van der Waals surface area contributed by atoms with E-state index < -0.39 is 5.60 Å². The molecule has 0 atom stereocenters. The van der Waals surface area contributed by atoms with Crippen LogP contribution in [0.25, 0.3) is 21.8 Å². The van der Waals surface area contributed by atoms with Crippen molar-refractivity contribution in [1.82, 2.24) is 30.4 Å². The summed E-state index contributed by atoms with van der Waals surface area (Å²) >= 11 is 1.43. The molecule has 4 aromatic heterocycles. The van der Waals surface area contributed by atoms with Gasteiger partial charge in [0, 0.05) is 24.2 Å². The normalized spacial score (nSPS) is 19.7. The Morgan fingerprint density at radius 3 is 2.81 bits per heavy atom. The lowest BCUT2D eigenvalue weighted by molar-refractivity contribution is -0.151. The number of aromatic amines is 1. The van der Waals surface area contributed by atoms with Gasteiger partial charge < -0.3 is 15.2 Å². The lowest BCUT2D eigenvalue weighted by atomic mass is 9.79. The Hall–Kier alpha value is -3.70. The first-order chi connectivity index (χ1) is 17.4. The molecule has 5 rings (SSSR count). The van der Waals surface area contributed by atoms with Gasteiger partial charge in [0.05, 0.1) is 23.1 Å². The highest BCUT2D eigenvalue weighted by atomic mass is 32.1. The van der Waals surface area contributed by atoms with Crippen molar-refractivity contribution in [2.24, 2.45) is 5.92 Å². The van der Waals surface area contributed by atoms with Gasteiger partial charge in [-0.3, -0.25) is 9.89 Å². The molecule has 0 bridgehead atoms. The summed E-state index contributed by atoms with van der Waals surface area (Å²) in [5.74, 6) is 0.952. The van der Waals surface area contributed by atoms with Crippen LogP contribution in [0, 0.1) is 12.8 Å². The van der Waals surface area contributed by atoms with Crippen molar-refractivity contribution in [2.45, 2.75) is 45.1 Å². The van der Waals surface area contributed by atoms with Crippen LogP contribution < -0.4 is 5.32 Å². The summed E-state index contributed by atoms with van der Waals surface area (Å²) in [6.45, 7) is 4.18. The van der Waals surface area contributed by atoms with Gasteiger partial charge in [-0.15, -0.1) is 16.4 Å². The largest absolute Gasteiger partial charge is 0.466 e. The van der Waals surface area contributed by atoms with Crippen molar-refractivity contribution in [3.8, 4) is 21.8 Å². The smallest absolute Gasteiger partial charge is 0.308 e. The highest BCUT2D eigenvalue weighted by molar-refractivity contribution is 7.15. The molecule has 186 valence electrons. The zero-order valence-electron chi connectivity index (χ0n) is 20.1. The van der Waals surface area contributed by atoms with Crippen molar-refractivity contribution in [3.05, 3.63) is 53.4 Å². The first-order valence-electron chi connectivity index (χ1n) is 11.9. The SMILES string of the molecule is CCOC(=O)[C@H]1CC[C@](O)(c2ncc(-c3cc(C)cc(Nc4cc(-c5c[nH]nn5)ccn4)n3)s2)CC1. The number of carbonyl (C=O) groups is 1. The minimum atomic E-state index is -1.04. The number of thiazole rings is 1. The number of hydrogen-bond acceptors (Lipinski definition) is 10. The molecule has 11 heteroatoms. The molecule has 0 saturated heterocycles. The molecular formula is C25H27N7O3S. The molecule has 0 amide bonds. The summed E-state index contributed by atoms with van der Waals surface area (Å²) in [7, 11) is 0. The van der Waals surface area contributed by atoms with Crippen LogP contribution >= 0.6 is 11.3 Å². The lowest BCUT2D eigenvalue weighted by Crippen LogP contribution is -2.34. The summed E-state index contributed by atoms with van der Waals surface area (Å²) in [5, 5.41) is 25.7. The first-order valence-corrected chi connectivity index (χ1v) is 12.7. The van der Waals surface area contributed by atoms with Gasteiger partial charge in [-0.2, -0.15) is 0 Å². The average Bonchev–Trinajstić information content (AvgIpc) is 3.58. The molecule has 1 aliphatic carbocycles. The molecule has 0 aliphatic heterocycles. The van der Waals surface area contributed by atoms with Gasteiger partial charge in [-0.25, -0.2) is 15.0 Å². The summed E-state index contributed by atoms with van der Waals surface area (Å²) in [5.41, 5.74) is 2.36. The van der Waals surface area contributed by atoms with Crippen LogP contribution in [-0.2, 0) is 15.1 Å². The number of aliphatic hydroxyl groups is 1. The zero-order chi connectivity index (χ0) is 25.1. The van der Waals surface area contributed by atoms with Crippen LogP contribution in [0.2, 0.25) is 0 Å². The van der Waals surface area contributed by atoms with E-state index in [0.29, 0.717) is 48.9 Å². The number of nitrogens with one attached hydrogen (secondary N) is 2. The van der Waals surface area contributed by atoms with E-state index >= 15 is 0 Å².